The van der Waals surface area contributed by atoms with E-state index in [2.05, 4.69) is 0 Å². The number of aryl methyl sites for hydroxylation is 1. The molecule has 2 N–H and O–H groups in total. The minimum atomic E-state index is -3.50. The van der Waals surface area contributed by atoms with Crippen molar-refractivity contribution in [2.75, 3.05) is 32.5 Å². The van der Waals surface area contributed by atoms with Gasteiger partial charge in [-0.15, -0.1) is 0 Å². The Kier molecular flexibility index (Phi) is 4.67. The Morgan fingerprint density at radius 2 is 2.10 bits per heavy atom. The van der Waals surface area contributed by atoms with Crippen LogP contribution in [0, 0.1) is 12.8 Å². The summed E-state index contributed by atoms with van der Waals surface area (Å²) in [5.41, 5.74) is 6.83. The van der Waals surface area contributed by atoms with Gasteiger partial charge in [0.05, 0.1) is 11.5 Å². The average molecular weight is 298 g/mol. The van der Waals surface area contributed by atoms with Crippen LogP contribution >= 0.6 is 0 Å². The van der Waals surface area contributed by atoms with Gasteiger partial charge in [0.15, 0.2) is 0 Å². The zero-order valence-corrected chi connectivity index (χ0v) is 12.8. The summed E-state index contributed by atoms with van der Waals surface area (Å²) in [6.07, 6.45) is 2.47. The lowest BCUT2D eigenvalue weighted by Gasteiger charge is -2.18. The van der Waals surface area contributed by atoms with Crippen molar-refractivity contribution in [3.63, 3.8) is 0 Å². The Bertz CT molecular complexity index is 568. The fourth-order valence-electron chi connectivity index (χ4n) is 1.91. The predicted molar refractivity (Wildman–Crippen MR) is 79.0 cm³/mol. The number of likely N-dealkylation sites (N-methyl/N-ethyl adjacent to an activating group) is 1. The summed E-state index contributed by atoms with van der Waals surface area (Å²) in [7, 11) is -1.94. The Balaban J connectivity index is 1.98. The number of sulfonamides is 1. The van der Waals surface area contributed by atoms with E-state index >= 15 is 0 Å². The van der Waals surface area contributed by atoms with E-state index in [0.29, 0.717) is 30.3 Å². The maximum Gasteiger partial charge on any atom is 0.243 e. The molecule has 0 amide bonds. The van der Waals surface area contributed by atoms with Crippen molar-refractivity contribution in [1.82, 2.24) is 4.31 Å². The first kappa shape index (κ1) is 15.3. The van der Waals surface area contributed by atoms with Crippen molar-refractivity contribution in [1.29, 1.82) is 0 Å². The van der Waals surface area contributed by atoms with Crippen LogP contribution in [0.25, 0.3) is 0 Å². The van der Waals surface area contributed by atoms with Crippen LogP contribution in [0.15, 0.2) is 23.1 Å². The van der Waals surface area contributed by atoms with Crippen LogP contribution in [-0.2, 0) is 14.8 Å². The number of ether oxygens (including phenoxy) is 1. The maximum atomic E-state index is 12.5. The lowest BCUT2D eigenvalue weighted by Crippen LogP contribution is -2.31. The van der Waals surface area contributed by atoms with Gasteiger partial charge in [-0.05, 0) is 43.4 Å². The van der Waals surface area contributed by atoms with Gasteiger partial charge in [-0.1, -0.05) is 6.07 Å². The summed E-state index contributed by atoms with van der Waals surface area (Å²) in [4.78, 5) is 0.266. The molecule has 1 saturated carbocycles. The molecule has 0 bridgehead atoms. The van der Waals surface area contributed by atoms with Gasteiger partial charge >= 0.3 is 0 Å². The molecule has 0 spiro atoms. The first-order valence-corrected chi connectivity index (χ1v) is 8.25. The Morgan fingerprint density at radius 1 is 1.40 bits per heavy atom. The SMILES string of the molecule is Cc1ccc(N)cc1S(=O)(=O)N(C)CCOCC1CC1. The van der Waals surface area contributed by atoms with Crippen LogP contribution in [0.5, 0.6) is 0 Å². The monoisotopic (exact) mass is 298 g/mol. The van der Waals surface area contributed by atoms with Crippen LogP contribution in [0.1, 0.15) is 18.4 Å². The second-order valence-corrected chi connectivity index (χ2v) is 7.38. The van der Waals surface area contributed by atoms with Crippen LogP contribution < -0.4 is 5.73 Å². The molecule has 1 fully saturated rings. The molecule has 1 aromatic rings. The molecule has 1 aliphatic rings. The molecule has 0 unspecified atom stereocenters. The first-order chi connectivity index (χ1) is 9.41. The molecule has 20 heavy (non-hydrogen) atoms. The zero-order valence-electron chi connectivity index (χ0n) is 12.0. The largest absolute Gasteiger partial charge is 0.399 e. The van der Waals surface area contributed by atoms with Gasteiger partial charge in [-0.25, -0.2) is 8.42 Å². The molecule has 2 rings (SSSR count). The molecule has 0 radical (unpaired) electrons. The standard InChI is InChI=1S/C14H22N2O3S/c1-11-3-6-13(15)9-14(11)20(17,18)16(2)7-8-19-10-12-4-5-12/h3,6,9,12H,4-5,7-8,10,15H2,1-2H3. The van der Waals surface area contributed by atoms with Crippen molar-refractivity contribution >= 4 is 15.7 Å². The van der Waals surface area contributed by atoms with Gasteiger partial charge in [0.2, 0.25) is 10.0 Å². The minimum Gasteiger partial charge on any atom is -0.399 e. The fourth-order valence-corrected chi connectivity index (χ4v) is 3.32. The summed E-state index contributed by atoms with van der Waals surface area (Å²) in [6.45, 7) is 3.28. The molecule has 0 saturated heterocycles. The number of benzene rings is 1. The summed E-state index contributed by atoms with van der Waals surface area (Å²) < 4.78 is 31.7. The average Bonchev–Trinajstić information content (AvgIpc) is 3.21. The van der Waals surface area contributed by atoms with E-state index in [4.69, 9.17) is 10.5 Å². The predicted octanol–water partition coefficient (Wildman–Crippen LogP) is 1.62. The van der Waals surface area contributed by atoms with E-state index < -0.39 is 10.0 Å². The summed E-state index contributed by atoms with van der Waals surface area (Å²) >= 11 is 0. The van der Waals surface area contributed by atoms with Crippen molar-refractivity contribution in [2.24, 2.45) is 5.92 Å². The smallest absolute Gasteiger partial charge is 0.243 e. The number of rotatable bonds is 7. The summed E-state index contributed by atoms with van der Waals surface area (Å²) in [5.74, 6) is 0.688. The summed E-state index contributed by atoms with van der Waals surface area (Å²) in [5, 5.41) is 0. The van der Waals surface area contributed by atoms with Gasteiger partial charge in [0, 0.05) is 25.9 Å². The third-order valence-corrected chi connectivity index (χ3v) is 5.50. The van der Waals surface area contributed by atoms with Crippen LogP contribution in [0.3, 0.4) is 0 Å². The Labute approximate surface area is 120 Å². The highest BCUT2D eigenvalue weighted by Crippen LogP contribution is 2.28. The first-order valence-electron chi connectivity index (χ1n) is 6.81. The van der Waals surface area contributed by atoms with Gasteiger partial charge in [0.25, 0.3) is 0 Å². The van der Waals surface area contributed by atoms with Crippen LogP contribution in [0.2, 0.25) is 0 Å². The molecular weight excluding hydrogens is 276 g/mol. The number of nitrogen functional groups attached to an aromatic ring is 1. The van der Waals surface area contributed by atoms with E-state index in [1.54, 1.807) is 26.1 Å². The van der Waals surface area contributed by atoms with Crippen LogP contribution in [-0.4, -0.2) is 39.5 Å². The fraction of sp³-hybridized carbons (Fsp3) is 0.571. The van der Waals surface area contributed by atoms with E-state index in [-0.39, 0.29) is 4.90 Å². The van der Waals surface area contributed by atoms with E-state index in [9.17, 15) is 8.42 Å². The zero-order chi connectivity index (χ0) is 14.8. The van der Waals surface area contributed by atoms with E-state index in [1.807, 2.05) is 0 Å². The molecule has 112 valence electrons. The van der Waals surface area contributed by atoms with Crippen molar-refractivity contribution in [3.8, 4) is 0 Å². The molecule has 0 heterocycles. The van der Waals surface area contributed by atoms with E-state index in [0.717, 1.165) is 6.61 Å². The Hall–Kier alpha value is -1.11. The van der Waals surface area contributed by atoms with Crippen molar-refractivity contribution in [3.05, 3.63) is 23.8 Å². The highest BCUT2D eigenvalue weighted by molar-refractivity contribution is 7.89. The lowest BCUT2D eigenvalue weighted by atomic mass is 10.2. The molecule has 0 aromatic heterocycles. The maximum absolute atomic E-state index is 12.5. The highest BCUT2D eigenvalue weighted by Gasteiger charge is 2.24. The second-order valence-electron chi connectivity index (χ2n) is 5.37. The third kappa shape index (κ3) is 3.71. The summed E-state index contributed by atoms with van der Waals surface area (Å²) in [6, 6.07) is 4.93. The number of hydrogen-bond acceptors (Lipinski definition) is 4. The van der Waals surface area contributed by atoms with Crippen molar-refractivity contribution < 1.29 is 13.2 Å². The number of nitrogens with two attached hydrogens (primary N) is 1. The number of nitrogens with zero attached hydrogens (tertiary/aromatic N) is 1. The topological polar surface area (TPSA) is 72.6 Å². The van der Waals surface area contributed by atoms with Gasteiger partial charge in [-0.2, -0.15) is 4.31 Å². The number of hydrogen-bond donors (Lipinski definition) is 1. The molecule has 1 aromatic carbocycles. The molecule has 6 heteroatoms. The van der Waals surface area contributed by atoms with E-state index in [1.165, 1.54) is 23.2 Å². The number of anilines is 1. The highest BCUT2D eigenvalue weighted by atomic mass is 32.2. The molecule has 0 atom stereocenters. The quantitative estimate of drug-likeness (QED) is 0.613. The molecular formula is C14H22N2O3S. The second kappa shape index (κ2) is 6.11. The molecule has 0 aliphatic heterocycles. The Morgan fingerprint density at radius 3 is 2.75 bits per heavy atom. The third-order valence-electron chi connectivity index (χ3n) is 3.50. The van der Waals surface area contributed by atoms with Crippen molar-refractivity contribution in [2.45, 2.75) is 24.7 Å². The molecule has 1 aliphatic carbocycles. The minimum absolute atomic E-state index is 0.266. The van der Waals surface area contributed by atoms with Gasteiger partial charge in [-0.3, -0.25) is 0 Å². The lowest BCUT2D eigenvalue weighted by molar-refractivity contribution is 0.117. The normalized spacial score (nSPS) is 15.8. The van der Waals surface area contributed by atoms with Gasteiger partial charge in [0.1, 0.15) is 0 Å². The van der Waals surface area contributed by atoms with Crippen LogP contribution in [0.4, 0.5) is 5.69 Å². The molecule has 5 nitrogen and oxygen atoms in total. The van der Waals surface area contributed by atoms with Gasteiger partial charge < -0.3 is 10.5 Å².